The van der Waals surface area contributed by atoms with Crippen LogP contribution in [-0.4, -0.2) is 24.2 Å². The molecular formula is C17H14N4O4. The number of esters is 1. The molecule has 2 rings (SSSR count). The summed E-state index contributed by atoms with van der Waals surface area (Å²) in [6.45, 7) is 1.53. The molecule has 0 aliphatic carbocycles. The number of aromatic amines is 1. The number of H-pyrrole nitrogens is 1. The lowest BCUT2D eigenvalue weighted by Gasteiger charge is -2.14. The van der Waals surface area contributed by atoms with Gasteiger partial charge in [-0.2, -0.15) is 10.5 Å². The summed E-state index contributed by atoms with van der Waals surface area (Å²) in [7, 11) is 0. The maximum atomic E-state index is 12.0. The summed E-state index contributed by atoms with van der Waals surface area (Å²) in [6, 6.07) is 10.1. The molecule has 25 heavy (non-hydrogen) atoms. The van der Waals surface area contributed by atoms with Crippen molar-refractivity contribution < 1.29 is 14.3 Å². The molecule has 0 unspecified atom stereocenters. The first-order valence-corrected chi connectivity index (χ1v) is 7.27. The minimum atomic E-state index is -0.714. The Bertz CT molecular complexity index is 951. The number of aromatic nitrogens is 1. The van der Waals surface area contributed by atoms with E-state index in [0.29, 0.717) is 5.56 Å². The van der Waals surface area contributed by atoms with E-state index in [4.69, 9.17) is 15.2 Å². The van der Waals surface area contributed by atoms with E-state index in [2.05, 4.69) is 4.98 Å². The van der Waals surface area contributed by atoms with Gasteiger partial charge in [-0.3, -0.25) is 4.79 Å². The SMILES string of the molecule is CCOC(=O)COc1ccccc1-c1c(C#N)c(N)[nH]c(=O)c1C#N. The van der Waals surface area contributed by atoms with Crippen molar-refractivity contribution in [1.29, 1.82) is 10.5 Å². The molecule has 0 aliphatic rings. The Balaban J connectivity index is 2.61. The van der Waals surface area contributed by atoms with Crippen molar-refractivity contribution in [3.63, 3.8) is 0 Å². The Morgan fingerprint density at radius 1 is 1.24 bits per heavy atom. The molecule has 8 heteroatoms. The first-order chi connectivity index (χ1) is 12.0. The molecule has 0 saturated carbocycles. The van der Waals surface area contributed by atoms with E-state index in [9.17, 15) is 20.1 Å². The standard InChI is InChI=1S/C17H14N4O4/c1-2-24-14(22)9-25-13-6-4-3-5-10(13)15-11(7-18)16(20)21-17(23)12(15)8-19/h3-6H,2,9H2,1H3,(H3,20,21,23). The highest BCUT2D eigenvalue weighted by Crippen LogP contribution is 2.34. The average Bonchev–Trinajstić information content (AvgIpc) is 2.60. The maximum absolute atomic E-state index is 12.0. The van der Waals surface area contributed by atoms with E-state index in [0.717, 1.165) is 0 Å². The summed E-state index contributed by atoms with van der Waals surface area (Å²) in [5.74, 6) is -0.501. The van der Waals surface area contributed by atoms with Gasteiger partial charge in [0, 0.05) is 11.1 Å². The minimum Gasteiger partial charge on any atom is -0.481 e. The van der Waals surface area contributed by atoms with Gasteiger partial charge in [-0.1, -0.05) is 18.2 Å². The molecule has 1 aromatic heterocycles. The summed E-state index contributed by atoms with van der Waals surface area (Å²) < 4.78 is 10.2. The average molecular weight is 338 g/mol. The van der Waals surface area contributed by atoms with Crippen LogP contribution in [0.3, 0.4) is 0 Å². The van der Waals surface area contributed by atoms with E-state index < -0.39 is 11.5 Å². The van der Waals surface area contributed by atoms with Crippen molar-refractivity contribution in [3.8, 4) is 29.0 Å². The van der Waals surface area contributed by atoms with Gasteiger partial charge >= 0.3 is 5.97 Å². The molecule has 2 aromatic rings. The summed E-state index contributed by atoms with van der Waals surface area (Å²) in [5, 5.41) is 18.7. The van der Waals surface area contributed by atoms with Gasteiger partial charge in [-0.25, -0.2) is 4.79 Å². The third kappa shape index (κ3) is 3.59. The highest BCUT2D eigenvalue weighted by molar-refractivity contribution is 5.83. The van der Waals surface area contributed by atoms with Gasteiger partial charge in [-0.15, -0.1) is 0 Å². The van der Waals surface area contributed by atoms with Gasteiger partial charge in [0.15, 0.2) is 6.61 Å². The normalized spacial score (nSPS) is 9.72. The van der Waals surface area contributed by atoms with Crippen molar-refractivity contribution in [2.45, 2.75) is 6.92 Å². The van der Waals surface area contributed by atoms with Crippen molar-refractivity contribution in [2.75, 3.05) is 18.9 Å². The van der Waals surface area contributed by atoms with Gasteiger partial charge < -0.3 is 20.2 Å². The molecule has 3 N–H and O–H groups in total. The van der Waals surface area contributed by atoms with Crippen molar-refractivity contribution in [3.05, 3.63) is 45.7 Å². The van der Waals surface area contributed by atoms with Crippen LogP contribution in [-0.2, 0) is 9.53 Å². The summed E-state index contributed by atoms with van der Waals surface area (Å²) >= 11 is 0. The predicted octanol–water partition coefficient (Wildman–Crippen LogP) is 1.31. The van der Waals surface area contributed by atoms with Crippen LogP contribution in [0.15, 0.2) is 29.1 Å². The first kappa shape index (κ1) is 17.6. The lowest BCUT2D eigenvalue weighted by atomic mass is 9.96. The third-order valence-corrected chi connectivity index (χ3v) is 3.28. The molecule has 0 amide bonds. The molecule has 0 aliphatic heterocycles. The predicted molar refractivity (Wildman–Crippen MR) is 88.5 cm³/mol. The van der Waals surface area contributed by atoms with Crippen LogP contribution < -0.4 is 16.0 Å². The molecule has 0 spiro atoms. The van der Waals surface area contributed by atoms with Crippen molar-refractivity contribution in [1.82, 2.24) is 4.98 Å². The number of hydrogen-bond acceptors (Lipinski definition) is 7. The van der Waals surface area contributed by atoms with Crippen LogP contribution in [0.25, 0.3) is 11.1 Å². The number of nitrogens with zero attached hydrogens (tertiary/aromatic N) is 2. The molecule has 0 fully saturated rings. The Labute approximate surface area is 143 Å². The number of benzene rings is 1. The number of anilines is 1. The highest BCUT2D eigenvalue weighted by atomic mass is 16.6. The van der Waals surface area contributed by atoms with Crippen LogP contribution in [0.2, 0.25) is 0 Å². The number of pyridine rings is 1. The number of para-hydroxylation sites is 1. The molecule has 1 heterocycles. The van der Waals surface area contributed by atoms with E-state index >= 15 is 0 Å². The number of carbonyl (C=O) groups excluding carboxylic acids is 1. The van der Waals surface area contributed by atoms with Crippen molar-refractivity contribution >= 4 is 11.8 Å². The highest BCUT2D eigenvalue weighted by Gasteiger charge is 2.21. The Morgan fingerprint density at radius 3 is 2.56 bits per heavy atom. The van der Waals surface area contributed by atoms with Crippen LogP contribution in [0.5, 0.6) is 5.75 Å². The zero-order valence-corrected chi connectivity index (χ0v) is 13.3. The van der Waals surface area contributed by atoms with Crippen LogP contribution in [0.1, 0.15) is 18.1 Å². The lowest BCUT2D eigenvalue weighted by Crippen LogP contribution is -2.17. The van der Waals surface area contributed by atoms with Crippen LogP contribution in [0, 0.1) is 22.7 Å². The van der Waals surface area contributed by atoms with Gasteiger partial charge in [0.05, 0.1) is 6.61 Å². The lowest BCUT2D eigenvalue weighted by molar-refractivity contribution is -0.145. The summed E-state index contributed by atoms with van der Waals surface area (Å²) in [4.78, 5) is 25.8. The van der Waals surface area contributed by atoms with E-state index in [-0.39, 0.29) is 41.5 Å². The van der Waals surface area contributed by atoms with Gasteiger partial charge in [-0.05, 0) is 13.0 Å². The first-order valence-electron chi connectivity index (χ1n) is 7.27. The van der Waals surface area contributed by atoms with Crippen LogP contribution >= 0.6 is 0 Å². The fourth-order valence-electron chi connectivity index (χ4n) is 2.25. The number of rotatable bonds is 5. The number of nitriles is 2. The third-order valence-electron chi connectivity index (χ3n) is 3.28. The monoisotopic (exact) mass is 338 g/mol. The van der Waals surface area contributed by atoms with E-state index in [1.165, 1.54) is 0 Å². The number of hydrogen-bond donors (Lipinski definition) is 2. The maximum Gasteiger partial charge on any atom is 0.344 e. The number of carbonyl (C=O) groups is 1. The summed E-state index contributed by atoms with van der Waals surface area (Å²) in [6.07, 6.45) is 0. The van der Waals surface area contributed by atoms with Gasteiger partial charge in [0.25, 0.3) is 5.56 Å². The fraction of sp³-hybridized carbons (Fsp3) is 0.176. The molecule has 0 radical (unpaired) electrons. The molecular weight excluding hydrogens is 324 g/mol. The molecule has 1 aromatic carbocycles. The smallest absolute Gasteiger partial charge is 0.344 e. The van der Waals surface area contributed by atoms with E-state index in [1.807, 2.05) is 6.07 Å². The van der Waals surface area contributed by atoms with E-state index in [1.54, 1.807) is 37.3 Å². The Hall–Kier alpha value is -3.78. The topological polar surface area (TPSA) is 142 Å². The number of nitrogens with one attached hydrogen (secondary N) is 1. The second-order valence-corrected chi connectivity index (χ2v) is 4.81. The Morgan fingerprint density at radius 2 is 1.92 bits per heavy atom. The quantitative estimate of drug-likeness (QED) is 0.782. The molecule has 0 bridgehead atoms. The largest absolute Gasteiger partial charge is 0.481 e. The molecule has 0 saturated heterocycles. The second kappa shape index (κ2) is 7.66. The fourth-order valence-corrected chi connectivity index (χ4v) is 2.25. The van der Waals surface area contributed by atoms with Crippen LogP contribution in [0.4, 0.5) is 5.82 Å². The summed E-state index contributed by atoms with van der Waals surface area (Å²) in [5.41, 5.74) is 5.04. The van der Waals surface area contributed by atoms with Gasteiger partial charge in [0.2, 0.25) is 0 Å². The number of ether oxygens (including phenoxy) is 2. The zero-order chi connectivity index (χ0) is 18.4. The molecule has 126 valence electrons. The minimum absolute atomic E-state index is 0.0525. The number of nitrogens with two attached hydrogens (primary N) is 1. The Kier molecular flexibility index (Phi) is 5.39. The molecule has 0 atom stereocenters. The number of nitrogen functional groups attached to an aromatic ring is 1. The zero-order valence-electron chi connectivity index (χ0n) is 13.3. The van der Waals surface area contributed by atoms with Gasteiger partial charge in [0.1, 0.15) is 34.8 Å². The molecule has 8 nitrogen and oxygen atoms in total. The van der Waals surface area contributed by atoms with Crippen molar-refractivity contribution in [2.24, 2.45) is 0 Å². The second-order valence-electron chi connectivity index (χ2n) is 4.81.